The zero-order valence-corrected chi connectivity index (χ0v) is 23.4. The number of carboxylic acid groups (broad SMARTS) is 1. The minimum absolute atomic E-state index is 0.0110. The third kappa shape index (κ3) is 5.20. The first-order chi connectivity index (χ1) is 19.8. The van der Waals surface area contributed by atoms with Crippen molar-refractivity contribution in [3.63, 3.8) is 0 Å². The Labute approximate surface area is 241 Å². The Morgan fingerprint density at radius 2 is 1.93 bits per heavy atom. The van der Waals surface area contributed by atoms with Gasteiger partial charge in [-0.05, 0) is 72.7 Å². The van der Waals surface area contributed by atoms with E-state index < -0.39 is 46.7 Å². The fourth-order valence-electron chi connectivity index (χ4n) is 5.52. The van der Waals surface area contributed by atoms with Crippen molar-refractivity contribution in [2.75, 3.05) is 6.54 Å². The molecule has 1 aliphatic heterocycles. The fraction of sp³-hybridized carbons (Fsp3) is 0.345. The second-order valence-electron chi connectivity index (χ2n) is 10.9. The van der Waals surface area contributed by atoms with Gasteiger partial charge >= 0.3 is 12.1 Å². The first-order valence-electron chi connectivity index (χ1n) is 13.2. The molecule has 3 heterocycles. The van der Waals surface area contributed by atoms with Crippen molar-refractivity contribution in [3.05, 3.63) is 88.1 Å². The summed E-state index contributed by atoms with van der Waals surface area (Å²) in [5, 5.41) is 16.8. The molecule has 13 heteroatoms. The molecule has 6 rings (SSSR count). The number of aryl methyl sites for hydroxylation is 2. The molecule has 2 atom stereocenters. The Morgan fingerprint density at radius 1 is 1.17 bits per heavy atom. The molecular weight excluding hydrogens is 576 g/mol. The Balaban J connectivity index is 1.37. The zero-order chi connectivity index (χ0) is 30.0. The van der Waals surface area contributed by atoms with Gasteiger partial charge in [0.05, 0.1) is 30.9 Å². The lowest BCUT2D eigenvalue weighted by Crippen LogP contribution is -2.38. The molecule has 0 radical (unpaired) electrons. The second kappa shape index (κ2) is 10.2. The number of hydrogen-bond donors (Lipinski definition) is 1. The smallest absolute Gasteiger partial charge is 0.452 e. The van der Waals surface area contributed by atoms with Crippen molar-refractivity contribution in [2.24, 2.45) is 0 Å². The third-order valence-electron chi connectivity index (χ3n) is 7.92. The third-order valence-corrected chi connectivity index (χ3v) is 9.35. The fourth-order valence-corrected chi connectivity index (χ4v) is 6.90. The van der Waals surface area contributed by atoms with E-state index in [4.69, 9.17) is 4.74 Å². The molecule has 1 saturated carbocycles. The van der Waals surface area contributed by atoms with Crippen LogP contribution in [0.2, 0.25) is 0 Å². The largest absolute Gasteiger partial charge is 0.593 e. The number of halogens is 4. The Hall–Kier alpha value is -3.68. The molecule has 220 valence electrons. The lowest BCUT2D eigenvalue weighted by molar-refractivity contribution is -0.145. The molecule has 0 saturated heterocycles. The Kier molecular flexibility index (Phi) is 6.94. The summed E-state index contributed by atoms with van der Waals surface area (Å²) in [5.74, 6) is -3.08. The van der Waals surface area contributed by atoms with E-state index in [2.05, 4.69) is 10.2 Å². The highest BCUT2D eigenvalue weighted by Gasteiger charge is 2.52. The number of aromatic nitrogens is 3. The van der Waals surface area contributed by atoms with Crippen molar-refractivity contribution >= 4 is 23.0 Å². The number of ether oxygens (including phenoxy) is 1. The van der Waals surface area contributed by atoms with Gasteiger partial charge in [0.15, 0.2) is 11.4 Å². The molecule has 2 unspecified atom stereocenters. The minimum Gasteiger partial charge on any atom is -0.593 e. The zero-order valence-electron chi connectivity index (χ0n) is 22.6. The lowest BCUT2D eigenvalue weighted by Gasteiger charge is -2.25. The first kappa shape index (κ1) is 28.4. The molecule has 8 nitrogen and oxygen atoms in total. The number of carboxylic acids is 1. The summed E-state index contributed by atoms with van der Waals surface area (Å²) in [6, 6.07) is 10.9. The number of nitrogens with zero attached hydrogens (tertiary/aromatic N) is 4. The maximum Gasteiger partial charge on any atom is 0.452 e. The topological polar surface area (TPSA) is 103 Å². The summed E-state index contributed by atoms with van der Waals surface area (Å²) >= 11 is -1.72. The van der Waals surface area contributed by atoms with Crippen LogP contribution in [0.5, 0.6) is 5.75 Å². The summed E-state index contributed by atoms with van der Waals surface area (Å²) < 4.78 is 76.7. The van der Waals surface area contributed by atoms with Gasteiger partial charge in [-0.15, -0.1) is 14.5 Å². The Morgan fingerprint density at radius 3 is 2.62 bits per heavy atom. The van der Waals surface area contributed by atoms with Crippen LogP contribution in [0.25, 0.3) is 5.65 Å². The van der Waals surface area contributed by atoms with E-state index in [1.54, 1.807) is 17.3 Å². The Bertz CT molecular complexity index is 1710. The lowest BCUT2D eigenvalue weighted by atomic mass is 9.85. The van der Waals surface area contributed by atoms with Crippen LogP contribution in [-0.4, -0.2) is 46.7 Å². The molecule has 4 aromatic rings. The van der Waals surface area contributed by atoms with E-state index >= 15 is 0 Å². The number of aliphatic carboxylic acids is 1. The van der Waals surface area contributed by atoms with Gasteiger partial charge in [0.1, 0.15) is 11.4 Å². The molecule has 1 N–H and O–H groups in total. The highest BCUT2D eigenvalue weighted by atomic mass is 32.2. The predicted molar refractivity (Wildman–Crippen MR) is 144 cm³/mol. The van der Waals surface area contributed by atoms with E-state index in [1.807, 2.05) is 19.1 Å². The number of fused-ring (bicyclic) bond motifs is 2. The van der Waals surface area contributed by atoms with Gasteiger partial charge in [0.2, 0.25) is 10.7 Å². The van der Waals surface area contributed by atoms with Crippen molar-refractivity contribution < 1.29 is 36.8 Å². The van der Waals surface area contributed by atoms with Crippen LogP contribution >= 0.6 is 0 Å². The maximum absolute atomic E-state index is 14.1. The van der Waals surface area contributed by atoms with Gasteiger partial charge in [-0.3, -0.25) is 9.20 Å². The number of carbonyl (C=O) groups is 1. The summed E-state index contributed by atoms with van der Waals surface area (Å²) in [6.45, 7) is 4.07. The van der Waals surface area contributed by atoms with E-state index in [1.165, 1.54) is 30.5 Å². The van der Waals surface area contributed by atoms with Crippen LogP contribution in [-0.2, 0) is 28.9 Å². The normalized spacial score (nSPS) is 18.9. The van der Waals surface area contributed by atoms with E-state index in [0.717, 1.165) is 28.4 Å². The van der Waals surface area contributed by atoms with Gasteiger partial charge in [0.25, 0.3) is 0 Å². The summed E-state index contributed by atoms with van der Waals surface area (Å²) in [6.07, 6.45) is -2.27. The van der Waals surface area contributed by atoms with Crippen molar-refractivity contribution in [2.45, 2.75) is 62.2 Å². The van der Waals surface area contributed by atoms with Crippen LogP contribution in [0.15, 0.2) is 53.6 Å². The van der Waals surface area contributed by atoms with Crippen LogP contribution < -0.4 is 4.74 Å². The van der Waals surface area contributed by atoms with Crippen LogP contribution in [0, 0.1) is 19.7 Å². The molecule has 0 bridgehead atoms. The SMILES string of the molecule is Cc1ccc(C(CC(=O)O)c2ccn3c(C(F)(F)F)nnc3c2C)cc1CN1CC2(CC2)Oc2ccc(F)cc2[S+]1[O-]. The average Bonchev–Trinajstić information content (AvgIpc) is 3.54. The molecule has 1 spiro atoms. The number of rotatable bonds is 6. The van der Waals surface area contributed by atoms with E-state index in [-0.39, 0.29) is 23.5 Å². The predicted octanol–water partition coefficient (Wildman–Crippen LogP) is 5.56. The molecule has 1 fully saturated rings. The molecule has 2 aliphatic rings. The van der Waals surface area contributed by atoms with Crippen LogP contribution in [0.4, 0.5) is 17.6 Å². The highest BCUT2D eigenvalue weighted by Crippen LogP contribution is 2.47. The van der Waals surface area contributed by atoms with Gasteiger partial charge in [-0.25, -0.2) is 4.39 Å². The van der Waals surface area contributed by atoms with Gasteiger partial charge in [-0.1, -0.05) is 18.2 Å². The number of pyridine rings is 1. The van der Waals surface area contributed by atoms with Gasteiger partial charge in [-0.2, -0.15) is 13.2 Å². The quantitative estimate of drug-likeness (QED) is 0.228. The monoisotopic (exact) mass is 602 g/mol. The van der Waals surface area contributed by atoms with Crippen molar-refractivity contribution in [1.29, 1.82) is 0 Å². The van der Waals surface area contributed by atoms with Gasteiger partial charge < -0.3 is 14.4 Å². The molecule has 2 aromatic carbocycles. The van der Waals surface area contributed by atoms with Gasteiger partial charge in [0, 0.05) is 18.2 Å². The molecule has 2 aromatic heterocycles. The van der Waals surface area contributed by atoms with Crippen molar-refractivity contribution in [1.82, 2.24) is 18.9 Å². The number of hydrogen-bond acceptors (Lipinski definition) is 6. The minimum atomic E-state index is -4.70. The summed E-state index contributed by atoms with van der Waals surface area (Å²) in [7, 11) is 0. The molecule has 1 aliphatic carbocycles. The van der Waals surface area contributed by atoms with Crippen LogP contribution in [0.3, 0.4) is 0 Å². The molecule has 0 amide bonds. The maximum atomic E-state index is 14.1. The summed E-state index contributed by atoms with van der Waals surface area (Å²) in [4.78, 5) is 12.2. The highest BCUT2D eigenvalue weighted by molar-refractivity contribution is 7.89. The molecular formula is C29H26F4N4O4S. The van der Waals surface area contributed by atoms with Crippen molar-refractivity contribution in [3.8, 4) is 5.75 Å². The van der Waals surface area contributed by atoms with E-state index in [9.17, 15) is 32.0 Å². The molecule has 42 heavy (non-hydrogen) atoms. The summed E-state index contributed by atoms with van der Waals surface area (Å²) in [5.41, 5.74) is 2.67. The van der Waals surface area contributed by atoms with Crippen LogP contribution in [0.1, 0.15) is 58.8 Å². The number of alkyl halides is 3. The second-order valence-corrected chi connectivity index (χ2v) is 12.3. The standard InChI is InChI=1S/C29H26F4N4O4S/c1-16-3-4-18(22(13-25(38)39)21-7-10-37-26(17(21)2)34-35-27(37)29(31,32)33)11-19(16)14-36-15-28(8-9-28)41-23-6-5-20(30)12-24(23)42(36)40/h3-7,10-12,22H,8-9,13-15H2,1-2H3,(H,38,39). The average molecular weight is 603 g/mol. The van der Waals surface area contributed by atoms with E-state index in [0.29, 0.717) is 29.0 Å². The number of benzene rings is 2. The first-order valence-corrected chi connectivity index (χ1v) is 14.3.